The highest BCUT2D eigenvalue weighted by atomic mass is 32.1. The van der Waals surface area contributed by atoms with Crippen LogP contribution in [-0.4, -0.2) is 30.6 Å². The zero-order chi connectivity index (χ0) is 11.7. The van der Waals surface area contributed by atoms with Crippen molar-refractivity contribution in [1.82, 2.24) is 10.2 Å². The number of hydrogen-bond donors (Lipinski definition) is 1. The lowest BCUT2D eigenvalue weighted by Crippen LogP contribution is -2.35. The molecule has 1 unspecified atom stereocenters. The van der Waals surface area contributed by atoms with Gasteiger partial charge in [-0.25, -0.2) is 0 Å². The summed E-state index contributed by atoms with van der Waals surface area (Å²) >= 11 is 1.93. The first-order valence-corrected chi connectivity index (χ1v) is 7.76. The summed E-state index contributed by atoms with van der Waals surface area (Å²) in [6, 6.07) is 3.81. The standard InChI is InChI=1S/C14H22N2S/c1-11-13-6-10-17-14(13)5-9-16(11)8-2-7-15-12-3-4-12/h6,10-12,15H,2-5,7-9H2,1H3. The highest BCUT2D eigenvalue weighted by Gasteiger charge is 2.24. The molecule has 1 aliphatic carbocycles. The van der Waals surface area contributed by atoms with Crippen LogP contribution in [0.1, 0.15) is 42.7 Å². The molecule has 2 heterocycles. The fourth-order valence-electron chi connectivity index (χ4n) is 2.74. The summed E-state index contributed by atoms with van der Waals surface area (Å²) in [6.45, 7) is 6.05. The van der Waals surface area contributed by atoms with E-state index in [1.807, 2.05) is 11.3 Å². The lowest BCUT2D eigenvalue weighted by Gasteiger charge is -2.33. The molecule has 0 saturated heterocycles. The van der Waals surface area contributed by atoms with Crippen molar-refractivity contribution in [2.45, 2.75) is 44.7 Å². The van der Waals surface area contributed by atoms with E-state index in [4.69, 9.17) is 0 Å². The molecule has 1 aliphatic heterocycles. The van der Waals surface area contributed by atoms with Gasteiger partial charge in [0.15, 0.2) is 0 Å². The van der Waals surface area contributed by atoms with Crippen molar-refractivity contribution in [3.63, 3.8) is 0 Å². The van der Waals surface area contributed by atoms with Gasteiger partial charge in [-0.1, -0.05) is 0 Å². The summed E-state index contributed by atoms with van der Waals surface area (Å²) in [7, 11) is 0. The summed E-state index contributed by atoms with van der Waals surface area (Å²) in [6.07, 6.45) is 5.35. The minimum Gasteiger partial charge on any atom is -0.314 e. The van der Waals surface area contributed by atoms with Crippen LogP contribution in [0, 0.1) is 0 Å². The first-order chi connectivity index (χ1) is 8.34. The van der Waals surface area contributed by atoms with Crippen molar-refractivity contribution in [2.75, 3.05) is 19.6 Å². The number of nitrogens with zero attached hydrogens (tertiary/aromatic N) is 1. The normalized spacial score (nSPS) is 24.9. The third kappa shape index (κ3) is 2.72. The lowest BCUT2D eigenvalue weighted by atomic mass is 10.0. The number of rotatable bonds is 5. The average Bonchev–Trinajstić information content (AvgIpc) is 3.02. The van der Waals surface area contributed by atoms with Gasteiger partial charge in [-0.3, -0.25) is 4.90 Å². The third-order valence-corrected chi connectivity index (χ3v) is 5.03. The minimum atomic E-state index is 0.630. The van der Waals surface area contributed by atoms with E-state index in [1.165, 1.54) is 45.3 Å². The van der Waals surface area contributed by atoms with Crippen LogP contribution in [0.15, 0.2) is 11.4 Å². The van der Waals surface area contributed by atoms with Crippen LogP contribution in [0.25, 0.3) is 0 Å². The predicted octanol–water partition coefficient (Wildman–Crippen LogP) is 2.81. The fourth-order valence-corrected chi connectivity index (χ4v) is 3.71. The number of hydrogen-bond acceptors (Lipinski definition) is 3. The van der Waals surface area contributed by atoms with Crippen LogP contribution in [0.4, 0.5) is 0 Å². The van der Waals surface area contributed by atoms with E-state index in [2.05, 4.69) is 28.6 Å². The summed E-state index contributed by atoms with van der Waals surface area (Å²) in [4.78, 5) is 4.26. The molecule has 94 valence electrons. The van der Waals surface area contributed by atoms with E-state index >= 15 is 0 Å². The second-order valence-corrected chi connectivity index (χ2v) is 6.34. The van der Waals surface area contributed by atoms with Gasteiger partial charge in [0.2, 0.25) is 0 Å². The van der Waals surface area contributed by atoms with Crippen LogP contribution in [0.2, 0.25) is 0 Å². The molecule has 0 radical (unpaired) electrons. The van der Waals surface area contributed by atoms with Crippen molar-refractivity contribution in [3.05, 3.63) is 21.9 Å². The summed E-state index contributed by atoms with van der Waals surface area (Å²) < 4.78 is 0. The Labute approximate surface area is 108 Å². The van der Waals surface area contributed by atoms with Crippen molar-refractivity contribution in [1.29, 1.82) is 0 Å². The van der Waals surface area contributed by atoms with E-state index in [0.29, 0.717) is 6.04 Å². The Morgan fingerprint density at radius 2 is 2.35 bits per heavy atom. The summed E-state index contributed by atoms with van der Waals surface area (Å²) in [5.41, 5.74) is 1.58. The topological polar surface area (TPSA) is 15.3 Å². The molecule has 0 spiro atoms. The van der Waals surface area contributed by atoms with Gasteiger partial charge < -0.3 is 5.32 Å². The van der Waals surface area contributed by atoms with Gasteiger partial charge in [-0.2, -0.15) is 0 Å². The summed E-state index contributed by atoms with van der Waals surface area (Å²) in [5.74, 6) is 0. The van der Waals surface area contributed by atoms with Gasteiger partial charge >= 0.3 is 0 Å². The summed E-state index contributed by atoms with van der Waals surface area (Å²) in [5, 5.41) is 5.85. The monoisotopic (exact) mass is 250 g/mol. The predicted molar refractivity (Wildman–Crippen MR) is 73.7 cm³/mol. The van der Waals surface area contributed by atoms with E-state index in [1.54, 1.807) is 10.4 Å². The molecule has 3 heteroatoms. The molecule has 1 aromatic heterocycles. The molecule has 0 aromatic carbocycles. The van der Waals surface area contributed by atoms with Crippen LogP contribution in [0.5, 0.6) is 0 Å². The average molecular weight is 250 g/mol. The molecule has 1 atom stereocenters. The Kier molecular flexibility index (Phi) is 3.50. The van der Waals surface area contributed by atoms with Gasteiger partial charge in [-0.05, 0) is 62.7 Å². The van der Waals surface area contributed by atoms with Crippen LogP contribution < -0.4 is 5.32 Å². The van der Waals surface area contributed by atoms with E-state index < -0.39 is 0 Å². The number of thiophene rings is 1. The second kappa shape index (κ2) is 5.09. The second-order valence-electron chi connectivity index (χ2n) is 5.34. The Hall–Kier alpha value is -0.380. The Morgan fingerprint density at radius 3 is 3.18 bits per heavy atom. The van der Waals surface area contributed by atoms with Gasteiger partial charge in [0.1, 0.15) is 0 Å². The lowest BCUT2D eigenvalue weighted by molar-refractivity contribution is 0.197. The minimum absolute atomic E-state index is 0.630. The molecular formula is C14H22N2S. The van der Waals surface area contributed by atoms with Crippen molar-refractivity contribution >= 4 is 11.3 Å². The SMILES string of the molecule is CC1c2ccsc2CCN1CCCNC1CC1. The van der Waals surface area contributed by atoms with Gasteiger partial charge in [0.05, 0.1) is 0 Å². The molecule has 17 heavy (non-hydrogen) atoms. The first kappa shape index (κ1) is 11.7. The number of nitrogens with one attached hydrogen (secondary N) is 1. The van der Waals surface area contributed by atoms with Crippen molar-refractivity contribution < 1.29 is 0 Å². The molecular weight excluding hydrogens is 228 g/mol. The van der Waals surface area contributed by atoms with E-state index in [-0.39, 0.29) is 0 Å². The molecule has 2 nitrogen and oxygen atoms in total. The molecule has 3 rings (SSSR count). The zero-order valence-electron chi connectivity index (χ0n) is 10.6. The van der Waals surface area contributed by atoms with E-state index in [0.717, 1.165) is 6.04 Å². The number of fused-ring (bicyclic) bond motifs is 1. The van der Waals surface area contributed by atoms with Crippen molar-refractivity contribution in [2.24, 2.45) is 0 Å². The maximum atomic E-state index is 3.60. The maximum absolute atomic E-state index is 3.60. The van der Waals surface area contributed by atoms with Crippen molar-refractivity contribution in [3.8, 4) is 0 Å². The van der Waals surface area contributed by atoms with Crippen LogP contribution in [0.3, 0.4) is 0 Å². The van der Waals surface area contributed by atoms with Gasteiger partial charge in [0, 0.05) is 23.5 Å². The molecule has 1 aromatic rings. The third-order valence-electron chi connectivity index (χ3n) is 4.04. The fraction of sp³-hybridized carbons (Fsp3) is 0.714. The smallest absolute Gasteiger partial charge is 0.0331 e. The van der Waals surface area contributed by atoms with Gasteiger partial charge in [-0.15, -0.1) is 11.3 Å². The Balaban J connectivity index is 1.47. The zero-order valence-corrected chi connectivity index (χ0v) is 11.4. The van der Waals surface area contributed by atoms with Gasteiger partial charge in [0.25, 0.3) is 0 Å². The van der Waals surface area contributed by atoms with Crippen LogP contribution in [-0.2, 0) is 6.42 Å². The van der Waals surface area contributed by atoms with E-state index in [9.17, 15) is 0 Å². The Bertz CT molecular complexity index is 370. The highest BCUT2D eigenvalue weighted by Crippen LogP contribution is 2.32. The Morgan fingerprint density at radius 1 is 1.47 bits per heavy atom. The quantitative estimate of drug-likeness (QED) is 0.808. The molecule has 0 amide bonds. The molecule has 1 fully saturated rings. The highest BCUT2D eigenvalue weighted by molar-refractivity contribution is 7.10. The molecule has 1 saturated carbocycles. The largest absolute Gasteiger partial charge is 0.314 e. The molecule has 0 bridgehead atoms. The molecule has 2 aliphatic rings. The molecule has 1 N–H and O–H groups in total. The maximum Gasteiger partial charge on any atom is 0.0331 e. The first-order valence-electron chi connectivity index (χ1n) is 6.88. The van der Waals surface area contributed by atoms with Crippen LogP contribution >= 0.6 is 11.3 Å².